The Hall–Kier alpha value is -3.35. The molecule has 7 nitrogen and oxygen atoms in total. The molecule has 3 aliphatic carbocycles. The van der Waals surface area contributed by atoms with Crippen molar-refractivity contribution < 1.29 is 24.2 Å². The van der Waals surface area contributed by atoms with Crippen LogP contribution in [0.3, 0.4) is 0 Å². The minimum absolute atomic E-state index is 0.0255. The fraction of sp³-hybridized carbons (Fsp3) is 0.423. The van der Waals surface area contributed by atoms with Gasteiger partial charge in [0.25, 0.3) is 0 Å². The molecule has 172 valence electrons. The van der Waals surface area contributed by atoms with Crippen LogP contribution >= 0.6 is 0 Å². The second-order valence-corrected chi connectivity index (χ2v) is 9.39. The number of nitrogens with one attached hydrogen (secondary N) is 2. The van der Waals surface area contributed by atoms with Crippen LogP contribution in [0.1, 0.15) is 42.7 Å². The molecule has 0 aliphatic heterocycles. The Morgan fingerprint density at radius 1 is 1.00 bits per heavy atom. The van der Waals surface area contributed by atoms with Crippen LogP contribution in [-0.4, -0.2) is 42.3 Å². The van der Waals surface area contributed by atoms with Gasteiger partial charge in [-0.3, -0.25) is 9.59 Å². The van der Waals surface area contributed by atoms with Gasteiger partial charge in [0, 0.05) is 12.5 Å². The molecule has 1 unspecified atom stereocenters. The van der Waals surface area contributed by atoms with Crippen LogP contribution in [-0.2, 0) is 14.3 Å². The average molecular weight is 449 g/mol. The van der Waals surface area contributed by atoms with Crippen molar-refractivity contribution in [3.05, 3.63) is 59.7 Å². The van der Waals surface area contributed by atoms with Crippen molar-refractivity contribution in [3.63, 3.8) is 0 Å². The maximum absolute atomic E-state index is 12.7. The van der Waals surface area contributed by atoms with Crippen molar-refractivity contribution in [2.75, 3.05) is 13.2 Å². The summed E-state index contributed by atoms with van der Waals surface area (Å²) in [4.78, 5) is 36.3. The van der Waals surface area contributed by atoms with Crippen LogP contribution in [0.4, 0.5) is 4.79 Å². The Balaban J connectivity index is 1.18. The van der Waals surface area contributed by atoms with Gasteiger partial charge < -0.3 is 20.5 Å². The van der Waals surface area contributed by atoms with Gasteiger partial charge in [-0.1, -0.05) is 61.4 Å². The zero-order valence-corrected chi connectivity index (χ0v) is 18.3. The highest BCUT2D eigenvalue weighted by Crippen LogP contribution is 2.44. The highest BCUT2D eigenvalue weighted by Gasteiger charge is 2.43. The van der Waals surface area contributed by atoms with E-state index in [-0.39, 0.29) is 30.3 Å². The second-order valence-electron chi connectivity index (χ2n) is 9.39. The molecule has 2 aromatic rings. The summed E-state index contributed by atoms with van der Waals surface area (Å²) in [5, 5.41) is 14.6. The summed E-state index contributed by atoms with van der Waals surface area (Å²) in [7, 11) is 0. The van der Waals surface area contributed by atoms with E-state index >= 15 is 0 Å². The van der Waals surface area contributed by atoms with E-state index in [0.29, 0.717) is 25.3 Å². The first kappa shape index (κ1) is 21.5. The molecule has 0 radical (unpaired) electrons. The number of amides is 2. The minimum Gasteiger partial charge on any atom is -0.481 e. The van der Waals surface area contributed by atoms with E-state index in [2.05, 4.69) is 34.9 Å². The van der Waals surface area contributed by atoms with Crippen LogP contribution in [0.2, 0.25) is 0 Å². The highest BCUT2D eigenvalue weighted by atomic mass is 16.5. The van der Waals surface area contributed by atoms with Crippen molar-refractivity contribution >= 4 is 18.0 Å². The monoisotopic (exact) mass is 448 g/mol. The fourth-order valence-electron chi connectivity index (χ4n) is 4.83. The van der Waals surface area contributed by atoms with E-state index in [1.807, 2.05) is 24.3 Å². The number of carboxylic acids is 1. The summed E-state index contributed by atoms with van der Waals surface area (Å²) < 4.78 is 5.60. The lowest BCUT2D eigenvalue weighted by atomic mass is 9.98. The van der Waals surface area contributed by atoms with Crippen molar-refractivity contribution in [1.82, 2.24) is 10.6 Å². The van der Waals surface area contributed by atoms with Crippen LogP contribution in [0.15, 0.2) is 48.5 Å². The van der Waals surface area contributed by atoms with Gasteiger partial charge in [-0.15, -0.1) is 0 Å². The number of ether oxygens (including phenoxy) is 1. The maximum Gasteiger partial charge on any atom is 0.407 e. The van der Waals surface area contributed by atoms with Crippen LogP contribution < -0.4 is 10.6 Å². The first-order valence-corrected chi connectivity index (χ1v) is 11.6. The Morgan fingerprint density at radius 2 is 1.64 bits per heavy atom. The van der Waals surface area contributed by atoms with Crippen LogP contribution in [0, 0.1) is 17.8 Å². The number of carbonyl (C=O) groups is 3. The van der Waals surface area contributed by atoms with E-state index < -0.39 is 18.1 Å². The third-order valence-electron chi connectivity index (χ3n) is 7.00. The SMILES string of the molecule is O=C(NC(CC1CC1)C(=O)NC[C@H]1C[C@H]1C(=O)O)OCC1c2ccccc2-c2ccccc21. The number of hydrogen-bond acceptors (Lipinski definition) is 4. The van der Waals surface area contributed by atoms with E-state index in [0.717, 1.165) is 35.1 Å². The predicted octanol–water partition coefficient (Wildman–Crippen LogP) is 3.53. The molecule has 0 spiro atoms. The summed E-state index contributed by atoms with van der Waals surface area (Å²) in [5.41, 5.74) is 4.59. The molecule has 3 N–H and O–H groups in total. The standard InChI is InChI=1S/C26H28N2O5/c29-24(27-13-16-12-21(16)25(30)31)23(11-15-9-10-15)28-26(32)33-14-22-19-7-3-1-5-17(19)18-6-2-4-8-20(18)22/h1-8,15-16,21-23H,9-14H2,(H,27,29)(H,28,32)(H,30,31)/t16-,21-,23?/m1/s1. The van der Waals surface area contributed by atoms with E-state index in [1.54, 1.807) is 0 Å². The van der Waals surface area contributed by atoms with Gasteiger partial charge >= 0.3 is 12.1 Å². The lowest BCUT2D eigenvalue weighted by Crippen LogP contribution is -2.48. The molecule has 7 heteroatoms. The van der Waals surface area contributed by atoms with Gasteiger partial charge in [0.1, 0.15) is 12.6 Å². The van der Waals surface area contributed by atoms with Crippen molar-refractivity contribution in [2.24, 2.45) is 17.8 Å². The Kier molecular flexibility index (Phi) is 5.79. The molecule has 0 aromatic heterocycles. The molecule has 3 aliphatic rings. The topological polar surface area (TPSA) is 105 Å². The van der Waals surface area contributed by atoms with E-state index in [4.69, 9.17) is 9.84 Å². The summed E-state index contributed by atoms with van der Waals surface area (Å²) in [6, 6.07) is 15.6. The first-order valence-electron chi connectivity index (χ1n) is 11.6. The number of fused-ring (bicyclic) bond motifs is 3. The number of hydrogen-bond donors (Lipinski definition) is 3. The molecule has 5 rings (SSSR count). The van der Waals surface area contributed by atoms with Gasteiger partial charge in [0.15, 0.2) is 0 Å². The largest absolute Gasteiger partial charge is 0.481 e. The predicted molar refractivity (Wildman–Crippen MR) is 122 cm³/mol. The maximum atomic E-state index is 12.7. The Labute approximate surface area is 192 Å². The lowest BCUT2D eigenvalue weighted by Gasteiger charge is -2.20. The molecule has 2 saturated carbocycles. The quantitative estimate of drug-likeness (QED) is 0.544. The molecular weight excluding hydrogens is 420 g/mol. The molecule has 2 amide bonds. The molecule has 2 aromatic carbocycles. The molecule has 0 heterocycles. The van der Waals surface area contributed by atoms with Gasteiger partial charge in [-0.05, 0) is 46.9 Å². The number of carboxylic acid groups (broad SMARTS) is 1. The average Bonchev–Trinajstić information content (AvgIpc) is 3.74. The van der Waals surface area contributed by atoms with Crippen LogP contribution in [0.25, 0.3) is 11.1 Å². The van der Waals surface area contributed by atoms with Gasteiger partial charge in [-0.25, -0.2) is 4.79 Å². The second kappa shape index (κ2) is 8.89. The molecule has 0 bridgehead atoms. The molecule has 0 saturated heterocycles. The number of alkyl carbamates (subject to hydrolysis) is 1. The number of rotatable bonds is 9. The van der Waals surface area contributed by atoms with E-state index in [9.17, 15) is 14.4 Å². The van der Waals surface area contributed by atoms with Crippen molar-refractivity contribution in [2.45, 2.75) is 37.6 Å². The van der Waals surface area contributed by atoms with Gasteiger partial charge in [0.2, 0.25) is 5.91 Å². The van der Waals surface area contributed by atoms with Crippen LogP contribution in [0.5, 0.6) is 0 Å². The fourth-order valence-corrected chi connectivity index (χ4v) is 4.83. The highest BCUT2D eigenvalue weighted by molar-refractivity contribution is 5.86. The first-order chi connectivity index (χ1) is 16.0. The molecule has 3 atom stereocenters. The smallest absolute Gasteiger partial charge is 0.407 e. The van der Waals surface area contributed by atoms with Crippen molar-refractivity contribution in [1.29, 1.82) is 0 Å². The van der Waals surface area contributed by atoms with Gasteiger partial charge in [-0.2, -0.15) is 0 Å². The van der Waals surface area contributed by atoms with Gasteiger partial charge in [0.05, 0.1) is 5.92 Å². The van der Waals surface area contributed by atoms with E-state index in [1.165, 1.54) is 0 Å². The Morgan fingerprint density at radius 3 is 2.21 bits per heavy atom. The summed E-state index contributed by atoms with van der Waals surface area (Å²) >= 11 is 0. The zero-order chi connectivity index (χ0) is 22.9. The number of benzene rings is 2. The third kappa shape index (κ3) is 4.72. The molecular formula is C26H28N2O5. The third-order valence-corrected chi connectivity index (χ3v) is 7.00. The number of aliphatic carboxylic acids is 1. The summed E-state index contributed by atoms with van der Waals surface area (Å²) in [6.45, 7) is 0.517. The lowest BCUT2D eigenvalue weighted by molar-refractivity contribution is -0.139. The summed E-state index contributed by atoms with van der Waals surface area (Å²) in [5.74, 6) is -1.10. The normalized spacial score (nSPS) is 21.5. The number of carbonyl (C=O) groups excluding carboxylic acids is 2. The van der Waals surface area contributed by atoms with Crippen molar-refractivity contribution in [3.8, 4) is 11.1 Å². The molecule has 2 fully saturated rings. The minimum atomic E-state index is -0.819. The Bertz CT molecular complexity index is 1030. The molecule has 33 heavy (non-hydrogen) atoms. The zero-order valence-electron chi connectivity index (χ0n) is 18.3. The summed E-state index contributed by atoms with van der Waals surface area (Å²) in [6.07, 6.45) is 2.67.